The van der Waals surface area contributed by atoms with Crippen LogP contribution in [0, 0.1) is 11.3 Å². The van der Waals surface area contributed by atoms with Crippen molar-refractivity contribution in [2.24, 2.45) is 0 Å². The topological polar surface area (TPSA) is 93.9 Å². The second-order valence-corrected chi connectivity index (χ2v) is 7.09. The van der Waals surface area contributed by atoms with Crippen LogP contribution in [0.4, 0.5) is 11.5 Å². The fourth-order valence-corrected chi connectivity index (χ4v) is 3.90. The van der Waals surface area contributed by atoms with Crippen LogP contribution in [0.5, 0.6) is 0 Å². The van der Waals surface area contributed by atoms with Crippen molar-refractivity contribution in [3.63, 3.8) is 0 Å². The highest BCUT2D eigenvalue weighted by atomic mass is 32.1. The molecule has 1 aliphatic rings. The molecule has 0 atom stereocenters. The summed E-state index contributed by atoms with van der Waals surface area (Å²) in [6, 6.07) is 9.03. The van der Waals surface area contributed by atoms with Crippen molar-refractivity contribution in [3.8, 4) is 6.07 Å². The molecule has 1 aromatic carbocycles. The largest absolute Gasteiger partial charge is 0.354 e. The van der Waals surface area contributed by atoms with E-state index in [1.807, 2.05) is 0 Å². The number of nitrogens with one attached hydrogen (secondary N) is 2. The summed E-state index contributed by atoms with van der Waals surface area (Å²) in [5, 5.41) is 17.2. The highest BCUT2D eigenvalue weighted by Crippen LogP contribution is 2.26. The summed E-state index contributed by atoms with van der Waals surface area (Å²) >= 11 is 1.39. The standard InChI is InChI=1S/C19H18N6OS/c20-10-13-4-1-2-5-15(13)23-18(26)14-12-27-19-17(14)24-16(11-22-19)25-8-3-6-21-7-9-25/h1-2,4-5,11-12,21H,3,6-9H2,(H,23,26). The van der Waals surface area contributed by atoms with E-state index in [9.17, 15) is 10.1 Å². The van der Waals surface area contributed by atoms with Gasteiger partial charge in [0.25, 0.3) is 5.91 Å². The molecule has 136 valence electrons. The van der Waals surface area contributed by atoms with E-state index >= 15 is 0 Å². The van der Waals surface area contributed by atoms with E-state index in [1.54, 1.807) is 35.8 Å². The SMILES string of the molecule is N#Cc1ccccc1NC(=O)c1csc2ncc(N3CCCNCC3)nc12. The Labute approximate surface area is 160 Å². The number of rotatable bonds is 3. The van der Waals surface area contributed by atoms with Crippen LogP contribution in [0.15, 0.2) is 35.8 Å². The molecule has 7 nitrogen and oxygen atoms in total. The van der Waals surface area contributed by atoms with E-state index in [1.165, 1.54) is 11.3 Å². The van der Waals surface area contributed by atoms with Gasteiger partial charge < -0.3 is 15.5 Å². The third-order valence-corrected chi connectivity index (χ3v) is 5.35. The predicted molar refractivity (Wildman–Crippen MR) is 106 cm³/mol. The van der Waals surface area contributed by atoms with E-state index in [-0.39, 0.29) is 5.91 Å². The van der Waals surface area contributed by atoms with Gasteiger partial charge in [-0.15, -0.1) is 11.3 Å². The maximum absolute atomic E-state index is 12.8. The molecule has 1 saturated heterocycles. The third kappa shape index (κ3) is 3.60. The maximum atomic E-state index is 12.8. The van der Waals surface area contributed by atoms with Gasteiger partial charge in [0.2, 0.25) is 0 Å². The minimum Gasteiger partial charge on any atom is -0.354 e. The summed E-state index contributed by atoms with van der Waals surface area (Å²) in [6.45, 7) is 3.67. The van der Waals surface area contributed by atoms with Crippen LogP contribution in [0.1, 0.15) is 22.3 Å². The Morgan fingerprint density at radius 2 is 2.19 bits per heavy atom. The number of anilines is 2. The van der Waals surface area contributed by atoms with Gasteiger partial charge in [0.1, 0.15) is 22.2 Å². The van der Waals surface area contributed by atoms with Gasteiger partial charge in [-0.25, -0.2) is 9.97 Å². The zero-order chi connectivity index (χ0) is 18.6. The lowest BCUT2D eigenvalue weighted by atomic mass is 10.2. The summed E-state index contributed by atoms with van der Waals surface area (Å²) in [5.74, 6) is 0.504. The van der Waals surface area contributed by atoms with Crippen molar-refractivity contribution in [1.82, 2.24) is 15.3 Å². The second kappa shape index (κ2) is 7.70. The van der Waals surface area contributed by atoms with Crippen molar-refractivity contribution in [1.29, 1.82) is 5.26 Å². The fraction of sp³-hybridized carbons (Fsp3) is 0.263. The van der Waals surface area contributed by atoms with Crippen molar-refractivity contribution in [3.05, 3.63) is 47.0 Å². The Morgan fingerprint density at radius 1 is 1.30 bits per heavy atom. The molecule has 3 aromatic rings. The molecule has 8 heteroatoms. The number of hydrogen-bond acceptors (Lipinski definition) is 7. The molecule has 0 aliphatic carbocycles. The number of para-hydroxylation sites is 1. The Kier molecular flexibility index (Phi) is 4.96. The Morgan fingerprint density at radius 3 is 3.07 bits per heavy atom. The number of carbonyl (C=O) groups excluding carboxylic acids is 1. The van der Waals surface area contributed by atoms with Gasteiger partial charge in [0.15, 0.2) is 0 Å². The first kappa shape index (κ1) is 17.4. The van der Waals surface area contributed by atoms with Gasteiger partial charge in [-0.1, -0.05) is 12.1 Å². The predicted octanol–water partition coefficient (Wildman–Crippen LogP) is 2.61. The average molecular weight is 378 g/mol. The Balaban J connectivity index is 1.64. The summed E-state index contributed by atoms with van der Waals surface area (Å²) in [5.41, 5.74) is 1.99. The number of fused-ring (bicyclic) bond motifs is 1. The molecule has 3 heterocycles. The van der Waals surface area contributed by atoms with Crippen LogP contribution >= 0.6 is 11.3 Å². The van der Waals surface area contributed by atoms with Crippen molar-refractivity contribution < 1.29 is 4.79 Å². The fourth-order valence-electron chi connectivity index (χ4n) is 3.07. The minimum atomic E-state index is -0.284. The van der Waals surface area contributed by atoms with Gasteiger partial charge in [-0.2, -0.15) is 5.26 Å². The van der Waals surface area contributed by atoms with Gasteiger partial charge in [0, 0.05) is 25.0 Å². The van der Waals surface area contributed by atoms with Crippen molar-refractivity contribution in [2.45, 2.75) is 6.42 Å². The number of thiophene rings is 1. The molecule has 0 radical (unpaired) electrons. The highest BCUT2D eigenvalue weighted by Gasteiger charge is 2.18. The molecule has 1 fully saturated rings. The first-order chi connectivity index (χ1) is 13.3. The minimum absolute atomic E-state index is 0.284. The maximum Gasteiger partial charge on any atom is 0.258 e. The van der Waals surface area contributed by atoms with Gasteiger partial charge in [-0.3, -0.25) is 4.79 Å². The van der Waals surface area contributed by atoms with Crippen LogP contribution in [0.25, 0.3) is 10.3 Å². The number of carbonyl (C=O) groups is 1. The Bertz CT molecular complexity index is 1020. The van der Waals surface area contributed by atoms with Crippen LogP contribution in [-0.2, 0) is 0 Å². The van der Waals surface area contributed by atoms with Crippen LogP contribution in [-0.4, -0.2) is 42.1 Å². The number of aromatic nitrogens is 2. The molecular weight excluding hydrogens is 360 g/mol. The molecule has 1 amide bonds. The molecule has 2 aromatic heterocycles. The quantitative estimate of drug-likeness (QED) is 0.728. The van der Waals surface area contributed by atoms with E-state index < -0.39 is 0 Å². The summed E-state index contributed by atoms with van der Waals surface area (Å²) in [6.07, 6.45) is 2.82. The normalized spacial score (nSPS) is 14.6. The van der Waals surface area contributed by atoms with Crippen LogP contribution < -0.4 is 15.5 Å². The van der Waals surface area contributed by atoms with Gasteiger partial charge in [0.05, 0.1) is 23.0 Å². The molecule has 1 aliphatic heterocycles. The molecule has 4 rings (SSSR count). The van der Waals surface area contributed by atoms with Crippen molar-refractivity contribution in [2.75, 3.05) is 36.4 Å². The molecule has 2 N–H and O–H groups in total. The lowest BCUT2D eigenvalue weighted by molar-refractivity contribution is 0.102. The van der Waals surface area contributed by atoms with Crippen LogP contribution in [0.3, 0.4) is 0 Å². The zero-order valence-electron chi connectivity index (χ0n) is 14.6. The number of nitriles is 1. The lowest BCUT2D eigenvalue weighted by Crippen LogP contribution is -2.28. The van der Waals surface area contributed by atoms with Gasteiger partial charge >= 0.3 is 0 Å². The zero-order valence-corrected chi connectivity index (χ0v) is 15.4. The third-order valence-electron chi connectivity index (χ3n) is 4.47. The molecule has 0 bridgehead atoms. The van der Waals surface area contributed by atoms with Crippen LogP contribution in [0.2, 0.25) is 0 Å². The van der Waals surface area contributed by atoms with Crippen molar-refractivity contribution >= 4 is 39.1 Å². The van der Waals surface area contributed by atoms with E-state index in [4.69, 9.17) is 4.98 Å². The summed E-state index contributed by atoms with van der Waals surface area (Å²) < 4.78 is 0. The molecule has 0 spiro atoms. The molecule has 27 heavy (non-hydrogen) atoms. The first-order valence-electron chi connectivity index (χ1n) is 8.76. The molecule has 0 unspecified atom stereocenters. The number of nitrogens with zero attached hydrogens (tertiary/aromatic N) is 4. The number of benzene rings is 1. The smallest absolute Gasteiger partial charge is 0.258 e. The van der Waals surface area contributed by atoms with Gasteiger partial charge in [-0.05, 0) is 25.1 Å². The molecule has 0 saturated carbocycles. The lowest BCUT2D eigenvalue weighted by Gasteiger charge is -2.20. The van der Waals surface area contributed by atoms with E-state index in [0.717, 1.165) is 43.2 Å². The summed E-state index contributed by atoms with van der Waals surface area (Å²) in [4.78, 5) is 24.9. The summed E-state index contributed by atoms with van der Waals surface area (Å²) in [7, 11) is 0. The monoisotopic (exact) mass is 378 g/mol. The Hall–Kier alpha value is -3.02. The molecular formula is C19H18N6OS. The second-order valence-electron chi connectivity index (χ2n) is 6.23. The van der Waals surface area contributed by atoms with E-state index in [2.05, 4.69) is 26.6 Å². The average Bonchev–Trinajstić information content (AvgIpc) is 2.93. The number of hydrogen-bond donors (Lipinski definition) is 2. The van der Waals surface area contributed by atoms with E-state index in [0.29, 0.717) is 22.3 Å². The number of amides is 1. The first-order valence-corrected chi connectivity index (χ1v) is 9.64. The highest BCUT2D eigenvalue weighted by molar-refractivity contribution is 7.17.